The van der Waals surface area contributed by atoms with Gasteiger partial charge in [-0.3, -0.25) is 9.50 Å². The van der Waals surface area contributed by atoms with E-state index in [9.17, 15) is 4.79 Å². The summed E-state index contributed by atoms with van der Waals surface area (Å²) >= 11 is 6.22. The number of imidazole rings is 1. The zero-order valence-electron chi connectivity index (χ0n) is 10.8. The Kier molecular flexibility index (Phi) is 2.94. The van der Waals surface area contributed by atoms with Crippen LogP contribution in [0.5, 0.6) is 0 Å². The number of rotatable bonds is 2. The van der Waals surface area contributed by atoms with Crippen LogP contribution in [0.3, 0.4) is 0 Å². The van der Waals surface area contributed by atoms with Gasteiger partial charge in [0.25, 0.3) is 0 Å². The van der Waals surface area contributed by atoms with Gasteiger partial charge in [-0.1, -0.05) is 11.6 Å². The fourth-order valence-electron chi connectivity index (χ4n) is 2.22. The Hall–Kier alpha value is -2.34. The number of nitrogens with zero attached hydrogens (tertiary/aromatic N) is 3. The highest BCUT2D eigenvalue weighted by atomic mass is 35.5. The van der Waals surface area contributed by atoms with Gasteiger partial charge in [0.05, 0.1) is 41.3 Å². The zero-order valence-corrected chi connectivity index (χ0v) is 11.6. The molecule has 0 saturated heterocycles. The third-order valence-corrected chi connectivity index (χ3v) is 3.41. The number of fused-ring (bicyclic) bond motifs is 1. The van der Waals surface area contributed by atoms with Crippen LogP contribution in [-0.2, 0) is 4.74 Å². The number of pyridine rings is 1. The van der Waals surface area contributed by atoms with Gasteiger partial charge in [-0.2, -0.15) is 5.10 Å². The first-order chi connectivity index (χ1) is 9.63. The molecule has 0 saturated carbocycles. The number of ether oxygens (including phenoxy) is 1. The Morgan fingerprint density at radius 2 is 2.25 bits per heavy atom. The number of hydrogen-bond donors (Lipinski definition) is 1. The van der Waals surface area contributed by atoms with Crippen LogP contribution in [0.1, 0.15) is 16.2 Å². The molecule has 0 bridgehead atoms. The van der Waals surface area contributed by atoms with Crippen molar-refractivity contribution in [1.82, 2.24) is 19.6 Å². The van der Waals surface area contributed by atoms with Crippen molar-refractivity contribution in [2.75, 3.05) is 7.11 Å². The summed E-state index contributed by atoms with van der Waals surface area (Å²) in [6.07, 6.45) is 5.01. The molecule has 0 unspecified atom stereocenters. The molecule has 0 radical (unpaired) electrons. The quantitative estimate of drug-likeness (QED) is 0.736. The lowest BCUT2D eigenvalue weighted by Gasteiger charge is -2.12. The molecule has 0 aliphatic rings. The normalized spacial score (nSPS) is 10.9. The molecule has 0 spiro atoms. The summed E-state index contributed by atoms with van der Waals surface area (Å²) in [4.78, 5) is 16.3. The molecule has 3 aromatic heterocycles. The van der Waals surface area contributed by atoms with E-state index < -0.39 is 5.97 Å². The average molecular weight is 291 g/mol. The molecule has 0 aliphatic carbocycles. The van der Waals surface area contributed by atoms with Gasteiger partial charge >= 0.3 is 5.97 Å². The number of aromatic nitrogens is 4. The van der Waals surface area contributed by atoms with Crippen LogP contribution in [0.2, 0.25) is 5.02 Å². The van der Waals surface area contributed by atoms with E-state index in [1.165, 1.54) is 7.11 Å². The number of carbonyl (C=O) groups is 1. The molecule has 3 heterocycles. The maximum absolute atomic E-state index is 12.0. The monoisotopic (exact) mass is 290 g/mol. The maximum atomic E-state index is 12.0. The maximum Gasteiger partial charge on any atom is 0.340 e. The van der Waals surface area contributed by atoms with Crippen molar-refractivity contribution >= 4 is 23.1 Å². The van der Waals surface area contributed by atoms with Gasteiger partial charge in [-0.25, -0.2) is 9.78 Å². The van der Waals surface area contributed by atoms with Crippen LogP contribution in [0.25, 0.3) is 16.8 Å². The molecule has 102 valence electrons. The fourth-order valence-corrected chi connectivity index (χ4v) is 2.46. The highest BCUT2D eigenvalue weighted by Crippen LogP contribution is 2.31. The number of esters is 1. The summed E-state index contributed by atoms with van der Waals surface area (Å²) in [7, 11) is 1.33. The number of hydrogen-bond acceptors (Lipinski definition) is 4. The van der Waals surface area contributed by atoms with Crippen LogP contribution in [0.4, 0.5) is 0 Å². The Labute approximate surface area is 119 Å². The van der Waals surface area contributed by atoms with E-state index in [1.54, 1.807) is 24.7 Å². The van der Waals surface area contributed by atoms with E-state index in [4.69, 9.17) is 16.3 Å². The number of methoxy groups -OCH3 is 1. The minimum absolute atomic E-state index is 0.368. The van der Waals surface area contributed by atoms with Gasteiger partial charge in [0.15, 0.2) is 0 Å². The molecule has 20 heavy (non-hydrogen) atoms. The van der Waals surface area contributed by atoms with Crippen LogP contribution in [0, 0.1) is 6.92 Å². The van der Waals surface area contributed by atoms with Crippen molar-refractivity contribution in [2.24, 2.45) is 0 Å². The molecule has 0 fully saturated rings. The van der Waals surface area contributed by atoms with E-state index in [-0.39, 0.29) is 0 Å². The van der Waals surface area contributed by atoms with Crippen LogP contribution in [0.15, 0.2) is 24.7 Å². The second kappa shape index (κ2) is 4.64. The molecule has 7 heteroatoms. The van der Waals surface area contributed by atoms with E-state index in [0.29, 0.717) is 16.3 Å². The Bertz CT molecular complexity index is 792. The molecule has 0 aromatic carbocycles. The van der Waals surface area contributed by atoms with Gasteiger partial charge in [0.1, 0.15) is 5.82 Å². The summed E-state index contributed by atoms with van der Waals surface area (Å²) in [5, 5.41) is 7.10. The molecule has 3 aromatic rings. The summed E-state index contributed by atoms with van der Waals surface area (Å²) in [6.45, 7) is 1.84. The van der Waals surface area contributed by atoms with Crippen molar-refractivity contribution in [3.63, 3.8) is 0 Å². The molecular weight excluding hydrogens is 280 g/mol. The standard InChI is InChI=1S/C13H11ClN4O2/c1-7-15-6-11-10(14)3-9(13(19)20-2)12(18(7)11)8-4-16-17-5-8/h3-6H,1-2H3,(H,16,17). The van der Waals surface area contributed by atoms with Crippen LogP contribution >= 0.6 is 11.6 Å². The van der Waals surface area contributed by atoms with Crippen molar-refractivity contribution in [3.05, 3.63) is 41.1 Å². The van der Waals surface area contributed by atoms with Gasteiger partial charge in [0.2, 0.25) is 0 Å². The molecule has 0 aliphatic heterocycles. The second-order valence-electron chi connectivity index (χ2n) is 4.26. The lowest BCUT2D eigenvalue weighted by Crippen LogP contribution is -2.08. The Morgan fingerprint density at radius 1 is 1.45 bits per heavy atom. The number of aromatic amines is 1. The Morgan fingerprint density at radius 3 is 2.90 bits per heavy atom. The van der Waals surface area contributed by atoms with Gasteiger partial charge in [-0.15, -0.1) is 0 Å². The first kappa shape index (κ1) is 12.7. The van der Waals surface area contributed by atoms with Crippen LogP contribution in [-0.4, -0.2) is 32.7 Å². The Balaban J connectivity index is 2.46. The first-order valence-corrected chi connectivity index (χ1v) is 6.25. The number of carbonyl (C=O) groups excluding carboxylic acids is 1. The summed E-state index contributed by atoms with van der Waals surface area (Å²) in [5.74, 6) is 0.266. The predicted octanol–water partition coefficient (Wildman–Crippen LogP) is 2.47. The van der Waals surface area contributed by atoms with E-state index in [1.807, 2.05) is 11.3 Å². The lowest BCUT2D eigenvalue weighted by atomic mass is 10.1. The van der Waals surface area contributed by atoms with E-state index >= 15 is 0 Å². The van der Waals surface area contributed by atoms with Gasteiger partial charge < -0.3 is 4.74 Å². The second-order valence-corrected chi connectivity index (χ2v) is 4.67. The molecule has 0 amide bonds. The third-order valence-electron chi connectivity index (χ3n) is 3.11. The van der Waals surface area contributed by atoms with E-state index in [2.05, 4.69) is 15.2 Å². The highest BCUT2D eigenvalue weighted by Gasteiger charge is 2.21. The first-order valence-electron chi connectivity index (χ1n) is 5.87. The smallest absolute Gasteiger partial charge is 0.340 e. The average Bonchev–Trinajstić information content (AvgIpc) is 3.08. The summed E-state index contributed by atoms with van der Waals surface area (Å²) in [5.41, 5.74) is 2.51. The molecular formula is C13H11ClN4O2. The molecule has 3 rings (SSSR count). The van der Waals surface area contributed by atoms with Gasteiger partial charge in [0, 0.05) is 11.8 Å². The van der Waals surface area contributed by atoms with Gasteiger partial charge in [-0.05, 0) is 13.0 Å². The minimum Gasteiger partial charge on any atom is -0.465 e. The van der Waals surface area contributed by atoms with Crippen molar-refractivity contribution < 1.29 is 9.53 Å². The summed E-state index contributed by atoms with van der Waals surface area (Å²) < 4.78 is 6.65. The molecule has 0 atom stereocenters. The number of aryl methyl sites for hydroxylation is 1. The minimum atomic E-state index is -0.460. The van der Waals surface area contributed by atoms with Crippen LogP contribution < -0.4 is 0 Å². The van der Waals surface area contributed by atoms with Crippen molar-refractivity contribution in [3.8, 4) is 11.3 Å². The lowest BCUT2D eigenvalue weighted by molar-refractivity contribution is 0.0601. The summed E-state index contributed by atoms with van der Waals surface area (Å²) in [6, 6.07) is 1.59. The van der Waals surface area contributed by atoms with Crippen molar-refractivity contribution in [1.29, 1.82) is 0 Å². The predicted molar refractivity (Wildman–Crippen MR) is 73.9 cm³/mol. The highest BCUT2D eigenvalue weighted by molar-refractivity contribution is 6.34. The number of halogens is 1. The zero-order chi connectivity index (χ0) is 14.3. The van der Waals surface area contributed by atoms with Crippen molar-refractivity contribution in [2.45, 2.75) is 6.92 Å². The number of H-pyrrole nitrogens is 1. The third kappa shape index (κ3) is 1.77. The largest absolute Gasteiger partial charge is 0.465 e. The molecule has 1 N–H and O–H groups in total. The topological polar surface area (TPSA) is 72.3 Å². The molecule has 6 nitrogen and oxygen atoms in total. The number of nitrogens with one attached hydrogen (secondary N) is 1. The SMILES string of the molecule is COC(=O)c1cc(Cl)c2cnc(C)n2c1-c1cn[nH]c1. The van der Waals surface area contributed by atoms with E-state index in [0.717, 1.165) is 16.9 Å². The fraction of sp³-hybridized carbons (Fsp3) is 0.154.